The first kappa shape index (κ1) is 20.2. The predicted octanol–water partition coefficient (Wildman–Crippen LogP) is 1.41. The van der Waals surface area contributed by atoms with E-state index in [-0.39, 0.29) is 34.9 Å². The molecule has 0 saturated carbocycles. The van der Waals surface area contributed by atoms with Crippen molar-refractivity contribution in [1.29, 1.82) is 0 Å². The Labute approximate surface area is 154 Å². The molecule has 1 heterocycles. The molecule has 1 amide bonds. The van der Waals surface area contributed by atoms with Crippen molar-refractivity contribution in [3.05, 3.63) is 29.3 Å². The summed E-state index contributed by atoms with van der Waals surface area (Å²) in [7, 11) is -3.11. The molecule has 1 unspecified atom stereocenters. The number of aryl methyl sites for hydroxylation is 1. The van der Waals surface area contributed by atoms with E-state index in [4.69, 9.17) is 10.5 Å². The van der Waals surface area contributed by atoms with E-state index in [0.29, 0.717) is 18.7 Å². The Morgan fingerprint density at radius 3 is 2.62 bits per heavy atom. The van der Waals surface area contributed by atoms with E-state index in [1.54, 1.807) is 25.1 Å². The van der Waals surface area contributed by atoms with Gasteiger partial charge in [0.15, 0.2) is 16.4 Å². The quantitative estimate of drug-likeness (QED) is 0.589. The molecule has 0 aromatic heterocycles. The first-order valence-corrected chi connectivity index (χ1v) is 10.4. The average Bonchev–Trinajstić information content (AvgIpc) is 2.92. The van der Waals surface area contributed by atoms with E-state index in [1.165, 1.54) is 4.90 Å². The molecule has 8 heteroatoms. The summed E-state index contributed by atoms with van der Waals surface area (Å²) in [5, 5.41) is 0. The third kappa shape index (κ3) is 4.97. The van der Waals surface area contributed by atoms with E-state index in [1.807, 2.05) is 13.8 Å². The molecule has 144 valence electrons. The van der Waals surface area contributed by atoms with Gasteiger partial charge in [-0.2, -0.15) is 0 Å². The van der Waals surface area contributed by atoms with Gasteiger partial charge in [0.2, 0.25) is 0 Å². The third-order valence-electron chi connectivity index (χ3n) is 4.40. The minimum atomic E-state index is -3.11. The SMILES string of the molecule is Cc1cccc(C(=O)OCC(=O)N(CC(C)C)C2CCS(=O)(=O)C2)c1N. The van der Waals surface area contributed by atoms with Crippen molar-refractivity contribution in [2.24, 2.45) is 5.92 Å². The number of rotatable bonds is 6. The Bertz CT molecular complexity index is 789. The molecule has 0 aliphatic carbocycles. The number of nitrogens with zero attached hydrogens (tertiary/aromatic N) is 1. The number of ether oxygens (including phenoxy) is 1. The molecule has 2 N–H and O–H groups in total. The first-order chi connectivity index (χ1) is 12.1. The van der Waals surface area contributed by atoms with Gasteiger partial charge in [-0.05, 0) is 30.9 Å². The van der Waals surface area contributed by atoms with Crippen molar-refractivity contribution in [3.8, 4) is 0 Å². The number of amides is 1. The number of nitrogens with two attached hydrogens (primary N) is 1. The van der Waals surface area contributed by atoms with Crippen molar-refractivity contribution < 1.29 is 22.7 Å². The first-order valence-electron chi connectivity index (χ1n) is 8.63. The Balaban J connectivity index is 2.05. The van der Waals surface area contributed by atoms with Crippen LogP contribution >= 0.6 is 0 Å². The van der Waals surface area contributed by atoms with Crippen LogP contribution in [0.3, 0.4) is 0 Å². The number of anilines is 1. The van der Waals surface area contributed by atoms with E-state index in [2.05, 4.69) is 0 Å². The highest BCUT2D eigenvalue weighted by atomic mass is 32.2. The summed E-state index contributed by atoms with van der Waals surface area (Å²) in [6.07, 6.45) is 0.416. The maximum atomic E-state index is 12.6. The standard InChI is InChI=1S/C18H26N2O5S/c1-12(2)9-20(14-7-8-26(23,24)11-14)16(21)10-25-18(22)15-6-4-5-13(3)17(15)19/h4-6,12,14H,7-11,19H2,1-3H3. The van der Waals surface area contributed by atoms with Crippen LogP contribution in [-0.2, 0) is 19.4 Å². The second-order valence-corrected chi connectivity index (χ2v) is 9.34. The Morgan fingerprint density at radius 1 is 1.35 bits per heavy atom. The second-order valence-electron chi connectivity index (χ2n) is 7.11. The van der Waals surface area contributed by atoms with Gasteiger partial charge >= 0.3 is 5.97 Å². The van der Waals surface area contributed by atoms with Crippen molar-refractivity contribution in [1.82, 2.24) is 4.90 Å². The lowest BCUT2D eigenvalue weighted by molar-refractivity contribution is -0.137. The summed E-state index contributed by atoms with van der Waals surface area (Å²) in [5.74, 6) is -0.836. The lowest BCUT2D eigenvalue weighted by Gasteiger charge is -2.29. The summed E-state index contributed by atoms with van der Waals surface area (Å²) < 4.78 is 28.6. The summed E-state index contributed by atoms with van der Waals surface area (Å²) in [4.78, 5) is 26.3. The maximum Gasteiger partial charge on any atom is 0.340 e. The van der Waals surface area contributed by atoms with Crippen LogP contribution in [0.1, 0.15) is 36.2 Å². The van der Waals surface area contributed by atoms with Crippen molar-refractivity contribution in [3.63, 3.8) is 0 Å². The van der Waals surface area contributed by atoms with Crippen LogP contribution in [0, 0.1) is 12.8 Å². The smallest absolute Gasteiger partial charge is 0.340 e. The van der Waals surface area contributed by atoms with Gasteiger partial charge in [-0.3, -0.25) is 4.79 Å². The van der Waals surface area contributed by atoms with Crippen LogP contribution in [0.4, 0.5) is 5.69 Å². The summed E-state index contributed by atoms with van der Waals surface area (Å²) in [6.45, 7) is 5.66. The van der Waals surface area contributed by atoms with Crippen LogP contribution in [0.2, 0.25) is 0 Å². The fraction of sp³-hybridized carbons (Fsp3) is 0.556. The molecule has 1 aromatic rings. The van der Waals surface area contributed by atoms with Gasteiger partial charge in [0, 0.05) is 18.3 Å². The summed E-state index contributed by atoms with van der Waals surface area (Å²) in [5.41, 5.74) is 7.18. The van der Waals surface area contributed by atoms with Crippen LogP contribution in [0.15, 0.2) is 18.2 Å². The van der Waals surface area contributed by atoms with E-state index in [0.717, 1.165) is 5.56 Å². The third-order valence-corrected chi connectivity index (χ3v) is 6.15. The monoisotopic (exact) mass is 382 g/mol. The largest absolute Gasteiger partial charge is 0.452 e. The molecule has 0 radical (unpaired) electrons. The number of hydrogen-bond donors (Lipinski definition) is 1. The van der Waals surface area contributed by atoms with Gasteiger partial charge in [-0.15, -0.1) is 0 Å². The highest BCUT2D eigenvalue weighted by molar-refractivity contribution is 7.91. The van der Waals surface area contributed by atoms with Gasteiger partial charge < -0.3 is 15.4 Å². The molecule has 1 atom stereocenters. The molecule has 1 aliphatic rings. The van der Waals surface area contributed by atoms with Crippen LogP contribution < -0.4 is 5.73 Å². The normalized spacial score (nSPS) is 18.7. The fourth-order valence-electron chi connectivity index (χ4n) is 3.02. The van der Waals surface area contributed by atoms with Crippen molar-refractivity contribution in [2.45, 2.75) is 33.2 Å². The van der Waals surface area contributed by atoms with Gasteiger partial charge in [0.1, 0.15) is 0 Å². The molecule has 1 aliphatic heterocycles. The molecular formula is C18H26N2O5S. The van der Waals surface area contributed by atoms with Crippen molar-refractivity contribution in [2.75, 3.05) is 30.4 Å². The Hall–Kier alpha value is -2.09. The Morgan fingerprint density at radius 2 is 2.04 bits per heavy atom. The zero-order chi connectivity index (χ0) is 19.5. The van der Waals surface area contributed by atoms with Gasteiger partial charge in [0.05, 0.1) is 17.1 Å². The second kappa shape index (κ2) is 8.07. The maximum absolute atomic E-state index is 12.6. The Kier molecular flexibility index (Phi) is 6.28. The number of para-hydroxylation sites is 1. The molecular weight excluding hydrogens is 356 g/mol. The molecule has 26 heavy (non-hydrogen) atoms. The molecule has 2 rings (SSSR count). The number of nitrogen functional groups attached to an aromatic ring is 1. The van der Waals surface area contributed by atoms with E-state index in [9.17, 15) is 18.0 Å². The number of hydrogen-bond acceptors (Lipinski definition) is 6. The molecule has 1 saturated heterocycles. The lowest BCUT2D eigenvalue weighted by Crippen LogP contribution is -2.45. The van der Waals surface area contributed by atoms with E-state index < -0.39 is 22.4 Å². The topological polar surface area (TPSA) is 107 Å². The van der Waals surface area contributed by atoms with Crippen LogP contribution in [-0.4, -0.2) is 55.9 Å². The molecule has 1 fully saturated rings. The molecule has 1 aromatic carbocycles. The van der Waals surface area contributed by atoms with Crippen LogP contribution in [0.25, 0.3) is 0 Å². The number of benzene rings is 1. The van der Waals surface area contributed by atoms with Crippen molar-refractivity contribution >= 4 is 27.4 Å². The minimum absolute atomic E-state index is 0.0375. The predicted molar refractivity (Wildman–Crippen MR) is 99.5 cm³/mol. The zero-order valence-electron chi connectivity index (χ0n) is 15.4. The fourth-order valence-corrected chi connectivity index (χ4v) is 4.75. The van der Waals surface area contributed by atoms with Gasteiger partial charge in [-0.1, -0.05) is 26.0 Å². The van der Waals surface area contributed by atoms with Gasteiger partial charge in [-0.25, -0.2) is 13.2 Å². The zero-order valence-corrected chi connectivity index (χ0v) is 16.2. The minimum Gasteiger partial charge on any atom is -0.452 e. The van der Waals surface area contributed by atoms with Crippen LogP contribution in [0.5, 0.6) is 0 Å². The molecule has 0 bridgehead atoms. The number of carbonyl (C=O) groups is 2. The molecule has 0 spiro atoms. The van der Waals surface area contributed by atoms with E-state index >= 15 is 0 Å². The highest BCUT2D eigenvalue weighted by Gasteiger charge is 2.35. The average molecular weight is 382 g/mol. The summed E-state index contributed by atoms with van der Waals surface area (Å²) in [6, 6.07) is 4.66. The lowest BCUT2D eigenvalue weighted by atomic mass is 10.1. The van der Waals surface area contributed by atoms with Gasteiger partial charge in [0.25, 0.3) is 5.91 Å². The summed E-state index contributed by atoms with van der Waals surface area (Å²) >= 11 is 0. The molecule has 7 nitrogen and oxygen atoms in total. The highest BCUT2D eigenvalue weighted by Crippen LogP contribution is 2.20. The number of sulfone groups is 1. The number of esters is 1. The number of carbonyl (C=O) groups excluding carboxylic acids is 2.